The van der Waals surface area contributed by atoms with E-state index in [4.69, 9.17) is 11.6 Å². The van der Waals surface area contributed by atoms with Crippen molar-refractivity contribution >= 4 is 23.5 Å². The van der Waals surface area contributed by atoms with E-state index in [1.54, 1.807) is 12.1 Å². The van der Waals surface area contributed by atoms with Gasteiger partial charge in [-0.2, -0.15) is 0 Å². The van der Waals surface area contributed by atoms with Crippen LogP contribution in [0.2, 0.25) is 5.02 Å². The maximum atomic E-state index is 12.4. The molecule has 4 rings (SSSR count). The summed E-state index contributed by atoms with van der Waals surface area (Å²) in [5.41, 5.74) is 3.46. The lowest BCUT2D eigenvalue weighted by Crippen LogP contribution is -2.28. The molecule has 3 aromatic carbocycles. The summed E-state index contributed by atoms with van der Waals surface area (Å²) in [6.45, 7) is 2.70. The Bertz CT molecular complexity index is 1050. The molecule has 0 saturated carbocycles. The van der Waals surface area contributed by atoms with E-state index in [0.29, 0.717) is 4.90 Å². The summed E-state index contributed by atoms with van der Waals surface area (Å²) < 4.78 is 44.5. The molecule has 1 atom stereocenters. The Morgan fingerprint density at radius 3 is 2.53 bits per heavy atom. The molecule has 168 valence electrons. The highest BCUT2D eigenvalue weighted by Gasteiger charge is 2.31. The van der Waals surface area contributed by atoms with E-state index in [-0.39, 0.29) is 11.8 Å². The van der Waals surface area contributed by atoms with Gasteiger partial charge >= 0.3 is 6.36 Å². The van der Waals surface area contributed by atoms with Crippen molar-refractivity contribution in [1.82, 2.24) is 9.62 Å². The molecule has 1 aliphatic heterocycles. The maximum Gasteiger partial charge on any atom is 0.573 e. The summed E-state index contributed by atoms with van der Waals surface area (Å²) in [7, 11) is 0. The van der Waals surface area contributed by atoms with Crippen LogP contribution in [0, 0.1) is 0 Å². The molecule has 0 aromatic heterocycles. The summed E-state index contributed by atoms with van der Waals surface area (Å²) in [5.74, 6) is -0.210. The number of likely N-dealkylation sites (tertiary alicyclic amines) is 1. The second-order valence-corrected chi connectivity index (χ2v) is 9.02. The Kier molecular flexibility index (Phi) is 7.30. The third kappa shape index (κ3) is 6.65. The van der Waals surface area contributed by atoms with E-state index in [1.165, 1.54) is 29.6 Å². The number of benzene rings is 3. The van der Waals surface area contributed by atoms with Gasteiger partial charge in [-0.25, -0.2) is 0 Å². The molecule has 0 bridgehead atoms. The van der Waals surface area contributed by atoms with Crippen LogP contribution < -0.4 is 9.46 Å². The number of hydrogen-bond donors (Lipinski definition) is 1. The summed E-state index contributed by atoms with van der Waals surface area (Å²) in [5, 5.41) is 0.722. The Morgan fingerprint density at radius 1 is 1.00 bits per heavy atom. The van der Waals surface area contributed by atoms with Crippen LogP contribution in [0.3, 0.4) is 0 Å². The fraction of sp³-hybridized carbons (Fsp3) is 0.250. The van der Waals surface area contributed by atoms with Crippen molar-refractivity contribution in [3.8, 4) is 16.9 Å². The number of nitrogens with one attached hydrogen (secondary N) is 1. The second kappa shape index (κ2) is 10.2. The van der Waals surface area contributed by atoms with E-state index >= 15 is 0 Å². The van der Waals surface area contributed by atoms with Crippen LogP contribution in [0.15, 0.2) is 77.7 Å². The number of nitrogens with zero attached hydrogens (tertiary/aromatic N) is 1. The lowest BCUT2D eigenvalue weighted by Gasteiger charge is -2.17. The third-order valence-electron chi connectivity index (χ3n) is 5.17. The first-order valence-electron chi connectivity index (χ1n) is 10.2. The van der Waals surface area contributed by atoms with E-state index < -0.39 is 6.36 Å². The van der Waals surface area contributed by atoms with Gasteiger partial charge in [-0.15, -0.1) is 13.2 Å². The fourth-order valence-corrected chi connectivity index (χ4v) is 4.69. The molecule has 0 aliphatic carbocycles. The summed E-state index contributed by atoms with van der Waals surface area (Å²) in [6.07, 6.45) is -3.71. The van der Waals surface area contributed by atoms with Gasteiger partial charge < -0.3 is 4.74 Å². The molecule has 1 fully saturated rings. The monoisotopic (exact) mass is 478 g/mol. The standard InChI is InChI=1S/C24H22ClF3N2OS/c25-20-4-1-3-19(13-20)18-9-7-17(8-10-18)15-30-12-11-21(16-30)29-32-23-6-2-5-22(14-23)31-24(26,27)28/h1-10,13-14,21,29H,11-12,15-16H2. The molecule has 1 aliphatic rings. The maximum absolute atomic E-state index is 12.4. The highest BCUT2D eigenvalue weighted by atomic mass is 35.5. The molecule has 8 heteroatoms. The average molecular weight is 479 g/mol. The second-order valence-electron chi connectivity index (χ2n) is 7.67. The van der Waals surface area contributed by atoms with Crippen LogP contribution in [0.1, 0.15) is 12.0 Å². The minimum Gasteiger partial charge on any atom is -0.406 e. The van der Waals surface area contributed by atoms with E-state index in [0.717, 1.165) is 42.2 Å². The van der Waals surface area contributed by atoms with Crippen molar-refractivity contribution in [1.29, 1.82) is 0 Å². The van der Waals surface area contributed by atoms with Crippen molar-refractivity contribution in [2.45, 2.75) is 30.3 Å². The van der Waals surface area contributed by atoms with Crippen LogP contribution >= 0.6 is 23.5 Å². The normalized spacial score (nSPS) is 16.9. The van der Waals surface area contributed by atoms with Gasteiger partial charge in [-0.05, 0) is 65.4 Å². The third-order valence-corrected chi connectivity index (χ3v) is 6.35. The van der Waals surface area contributed by atoms with Gasteiger partial charge in [0.15, 0.2) is 0 Å². The lowest BCUT2D eigenvalue weighted by molar-refractivity contribution is -0.274. The molecular formula is C24H22ClF3N2OS. The van der Waals surface area contributed by atoms with Gasteiger partial charge in [0, 0.05) is 35.6 Å². The van der Waals surface area contributed by atoms with Gasteiger partial charge in [0.05, 0.1) is 0 Å². The molecule has 3 aromatic rings. The minimum atomic E-state index is -4.69. The molecule has 1 heterocycles. The van der Waals surface area contributed by atoms with Gasteiger partial charge in [-0.1, -0.05) is 54.1 Å². The molecule has 0 amide bonds. The van der Waals surface area contributed by atoms with E-state index in [1.807, 2.05) is 24.3 Å². The molecule has 0 spiro atoms. The number of rotatable bonds is 7. The lowest BCUT2D eigenvalue weighted by atomic mass is 10.0. The highest BCUT2D eigenvalue weighted by Crippen LogP contribution is 2.28. The van der Waals surface area contributed by atoms with Crippen molar-refractivity contribution < 1.29 is 17.9 Å². The first-order chi connectivity index (χ1) is 15.3. The fourth-order valence-electron chi connectivity index (χ4n) is 3.69. The first-order valence-corrected chi connectivity index (χ1v) is 11.4. The molecule has 32 heavy (non-hydrogen) atoms. The SMILES string of the molecule is FC(F)(F)Oc1cccc(SNC2CCN(Cc3ccc(-c4cccc(Cl)c4)cc3)C2)c1. The molecule has 3 nitrogen and oxygen atoms in total. The number of hydrogen-bond acceptors (Lipinski definition) is 4. The number of alkyl halides is 3. The Balaban J connectivity index is 1.27. The molecular weight excluding hydrogens is 457 g/mol. The first kappa shape index (κ1) is 23.0. The van der Waals surface area contributed by atoms with E-state index in [2.05, 4.69) is 38.6 Å². The van der Waals surface area contributed by atoms with Crippen LogP contribution in [0.25, 0.3) is 11.1 Å². The van der Waals surface area contributed by atoms with Crippen molar-refractivity contribution in [2.24, 2.45) is 0 Å². The minimum absolute atomic E-state index is 0.210. The van der Waals surface area contributed by atoms with Gasteiger partial charge in [0.1, 0.15) is 5.75 Å². The Morgan fingerprint density at radius 2 is 1.78 bits per heavy atom. The predicted molar refractivity (Wildman–Crippen MR) is 123 cm³/mol. The quantitative estimate of drug-likeness (QED) is 0.378. The summed E-state index contributed by atoms with van der Waals surface area (Å²) in [6, 6.07) is 22.6. The molecule has 1 saturated heterocycles. The van der Waals surface area contributed by atoms with Crippen LogP contribution in [-0.4, -0.2) is 30.4 Å². The summed E-state index contributed by atoms with van der Waals surface area (Å²) >= 11 is 7.42. The van der Waals surface area contributed by atoms with Gasteiger partial charge in [-0.3, -0.25) is 9.62 Å². The molecule has 1 unspecified atom stereocenters. The molecule has 1 N–H and O–H groups in total. The van der Waals surface area contributed by atoms with Gasteiger partial charge in [0.2, 0.25) is 0 Å². The zero-order valence-electron chi connectivity index (χ0n) is 17.1. The van der Waals surface area contributed by atoms with Crippen molar-refractivity contribution in [3.63, 3.8) is 0 Å². The Hall–Kier alpha value is -2.19. The number of halogens is 4. The molecule has 0 radical (unpaired) electrons. The Labute approximate surface area is 194 Å². The largest absolute Gasteiger partial charge is 0.573 e. The van der Waals surface area contributed by atoms with E-state index in [9.17, 15) is 13.2 Å². The smallest absolute Gasteiger partial charge is 0.406 e. The van der Waals surface area contributed by atoms with Crippen LogP contribution in [0.4, 0.5) is 13.2 Å². The highest BCUT2D eigenvalue weighted by molar-refractivity contribution is 7.97. The van der Waals surface area contributed by atoms with Crippen LogP contribution in [-0.2, 0) is 6.54 Å². The van der Waals surface area contributed by atoms with Gasteiger partial charge in [0.25, 0.3) is 0 Å². The zero-order valence-corrected chi connectivity index (χ0v) is 18.7. The van der Waals surface area contributed by atoms with Crippen LogP contribution in [0.5, 0.6) is 5.75 Å². The number of ether oxygens (including phenoxy) is 1. The predicted octanol–water partition coefficient (Wildman–Crippen LogP) is 6.78. The topological polar surface area (TPSA) is 24.5 Å². The van der Waals surface area contributed by atoms with Crippen molar-refractivity contribution in [2.75, 3.05) is 13.1 Å². The summed E-state index contributed by atoms with van der Waals surface area (Å²) in [4.78, 5) is 3.05. The van der Waals surface area contributed by atoms with Crippen molar-refractivity contribution in [3.05, 3.63) is 83.4 Å². The average Bonchev–Trinajstić information content (AvgIpc) is 3.19. The zero-order chi connectivity index (χ0) is 22.6.